The smallest absolute Gasteiger partial charge is 0.164 e. The molecule has 0 saturated heterocycles. The number of benzene rings is 11. The van der Waals surface area contributed by atoms with E-state index in [4.69, 9.17) is 19.4 Å². The average molecular weight is 953 g/mol. The van der Waals surface area contributed by atoms with E-state index in [0.29, 0.717) is 17.5 Å². The number of nitrogens with zero attached hydrogens (tertiary/aromatic N) is 4. The summed E-state index contributed by atoms with van der Waals surface area (Å²) in [5.41, 5.74) is 9.90. The summed E-state index contributed by atoms with van der Waals surface area (Å²) in [4.78, 5) is 16.5. The Morgan fingerprint density at radius 3 is 1.61 bits per heavy atom. The summed E-state index contributed by atoms with van der Waals surface area (Å²) in [5.74, 6) is 1.87. The Bertz CT molecular complexity index is 4830. The van der Waals surface area contributed by atoms with E-state index in [-0.39, 0.29) is 0 Å². The highest BCUT2D eigenvalue weighted by molar-refractivity contribution is 7.26. The molecular formula is C65H36N4OS2. The minimum absolute atomic E-state index is 0.597. The first-order valence-corrected chi connectivity index (χ1v) is 25.8. The van der Waals surface area contributed by atoms with Gasteiger partial charge in [0.15, 0.2) is 17.5 Å². The maximum absolute atomic E-state index is 6.61. The van der Waals surface area contributed by atoms with Crippen molar-refractivity contribution in [2.75, 3.05) is 0 Å². The molecule has 5 heterocycles. The third-order valence-corrected chi connectivity index (χ3v) is 16.9. The largest absolute Gasteiger partial charge is 0.456 e. The maximum atomic E-state index is 6.61. The van der Waals surface area contributed by atoms with E-state index >= 15 is 0 Å². The zero-order valence-corrected chi connectivity index (χ0v) is 39.9. The second-order valence-electron chi connectivity index (χ2n) is 18.6. The molecule has 7 heteroatoms. The number of furan rings is 1. The van der Waals surface area contributed by atoms with Gasteiger partial charge in [0.05, 0.1) is 16.7 Å². The molecule has 16 aromatic rings. The van der Waals surface area contributed by atoms with Crippen LogP contribution in [0, 0.1) is 0 Å². The Labute approximate surface area is 419 Å². The van der Waals surface area contributed by atoms with Crippen LogP contribution in [0.15, 0.2) is 223 Å². The van der Waals surface area contributed by atoms with Crippen LogP contribution >= 0.6 is 22.7 Å². The van der Waals surface area contributed by atoms with E-state index in [1.807, 2.05) is 12.1 Å². The van der Waals surface area contributed by atoms with Crippen LogP contribution in [0.5, 0.6) is 0 Å². The minimum atomic E-state index is 0.597. The molecule has 0 N–H and O–H groups in total. The number of aromatic nitrogens is 4. The van der Waals surface area contributed by atoms with Crippen molar-refractivity contribution in [1.82, 2.24) is 19.5 Å². The molecule has 16 rings (SSSR count). The van der Waals surface area contributed by atoms with Crippen LogP contribution in [0.1, 0.15) is 0 Å². The number of hydrogen-bond acceptors (Lipinski definition) is 6. The third kappa shape index (κ3) is 5.89. The summed E-state index contributed by atoms with van der Waals surface area (Å²) in [5, 5.41) is 14.2. The zero-order chi connectivity index (χ0) is 47.0. The van der Waals surface area contributed by atoms with Gasteiger partial charge in [0.1, 0.15) is 11.2 Å². The molecule has 0 radical (unpaired) electrons. The van der Waals surface area contributed by atoms with Gasteiger partial charge in [0.2, 0.25) is 0 Å². The van der Waals surface area contributed by atoms with Gasteiger partial charge in [-0.2, -0.15) is 0 Å². The van der Waals surface area contributed by atoms with Gasteiger partial charge in [-0.25, -0.2) is 15.0 Å². The number of rotatable bonds is 5. The number of hydrogen-bond donors (Lipinski definition) is 0. The van der Waals surface area contributed by atoms with Crippen molar-refractivity contribution in [2.24, 2.45) is 0 Å². The van der Waals surface area contributed by atoms with E-state index in [9.17, 15) is 0 Å². The predicted octanol–water partition coefficient (Wildman–Crippen LogP) is 18.6. The first-order valence-electron chi connectivity index (χ1n) is 24.2. The van der Waals surface area contributed by atoms with Gasteiger partial charge in [0, 0.05) is 84.1 Å². The highest BCUT2D eigenvalue weighted by Crippen LogP contribution is 2.45. The van der Waals surface area contributed by atoms with Crippen molar-refractivity contribution >= 4 is 128 Å². The monoisotopic (exact) mass is 952 g/mol. The topological polar surface area (TPSA) is 56.7 Å². The van der Waals surface area contributed by atoms with Gasteiger partial charge in [-0.1, -0.05) is 140 Å². The van der Waals surface area contributed by atoms with E-state index in [1.54, 1.807) is 22.7 Å². The molecule has 0 amide bonds. The molecule has 5 nitrogen and oxygen atoms in total. The van der Waals surface area contributed by atoms with Crippen molar-refractivity contribution in [3.05, 3.63) is 218 Å². The molecule has 5 aromatic heterocycles. The van der Waals surface area contributed by atoms with E-state index < -0.39 is 0 Å². The van der Waals surface area contributed by atoms with Crippen LogP contribution in [-0.4, -0.2) is 19.5 Å². The fourth-order valence-electron chi connectivity index (χ4n) is 11.4. The molecule has 0 aliphatic heterocycles. The number of thiophene rings is 2. The second kappa shape index (κ2) is 15.2. The summed E-state index contributed by atoms with van der Waals surface area (Å²) in [6.45, 7) is 0. The fourth-order valence-corrected chi connectivity index (χ4v) is 13.7. The van der Waals surface area contributed by atoms with E-state index in [0.717, 1.165) is 77.2 Å². The van der Waals surface area contributed by atoms with E-state index in [1.165, 1.54) is 61.9 Å². The molecule has 0 unspecified atom stereocenters. The fraction of sp³-hybridized carbons (Fsp3) is 0. The third-order valence-electron chi connectivity index (χ3n) is 14.6. The van der Waals surface area contributed by atoms with E-state index in [2.05, 4.69) is 211 Å². The van der Waals surface area contributed by atoms with Crippen LogP contribution in [0.25, 0.3) is 157 Å². The van der Waals surface area contributed by atoms with Gasteiger partial charge in [-0.3, -0.25) is 0 Å². The lowest BCUT2D eigenvalue weighted by Crippen LogP contribution is -2.02. The molecule has 11 aromatic carbocycles. The normalized spacial score (nSPS) is 12.2. The van der Waals surface area contributed by atoms with Gasteiger partial charge in [-0.15, -0.1) is 22.7 Å². The lowest BCUT2D eigenvalue weighted by atomic mass is 9.98. The van der Waals surface area contributed by atoms with Crippen LogP contribution in [-0.2, 0) is 0 Å². The zero-order valence-electron chi connectivity index (χ0n) is 38.3. The van der Waals surface area contributed by atoms with Gasteiger partial charge < -0.3 is 8.98 Å². The lowest BCUT2D eigenvalue weighted by Gasteiger charge is -2.17. The molecule has 0 aliphatic carbocycles. The molecule has 0 fully saturated rings. The number of para-hydroxylation sites is 1. The van der Waals surface area contributed by atoms with Crippen molar-refractivity contribution in [3.8, 4) is 51.0 Å². The molecule has 334 valence electrons. The lowest BCUT2D eigenvalue weighted by molar-refractivity contribution is 0.669. The summed E-state index contributed by atoms with van der Waals surface area (Å²) in [6.07, 6.45) is 0. The molecule has 0 atom stereocenters. The van der Waals surface area contributed by atoms with Crippen LogP contribution in [0.3, 0.4) is 0 Å². The Balaban J connectivity index is 1.000. The Hall–Kier alpha value is -9.01. The van der Waals surface area contributed by atoms with Crippen molar-refractivity contribution < 1.29 is 4.42 Å². The molecular weight excluding hydrogens is 917 g/mol. The summed E-state index contributed by atoms with van der Waals surface area (Å²) < 4.78 is 13.9. The highest BCUT2D eigenvalue weighted by Gasteiger charge is 2.23. The van der Waals surface area contributed by atoms with Gasteiger partial charge >= 0.3 is 0 Å². The van der Waals surface area contributed by atoms with Crippen molar-refractivity contribution in [1.29, 1.82) is 0 Å². The first-order chi connectivity index (χ1) is 35.7. The van der Waals surface area contributed by atoms with Crippen LogP contribution in [0.4, 0.5) is 0 Å². The number of fused-ring (bicyclic) bond motifs is 15. The molecule has 0 saturated carbocycles. The molecule has 72 heavy (non-hydrogen) atoms. The van der Waals surface area contributed by atoms with Crippen molar-refractivity contribution in [2.45, 2.75) is 0 Å². The van der Waals surface area contributed by atoms with Crippen LogP contribution < -0.4 is 0 Å². The average Bonchev–Trinajstić information content (AvgIpc) is 4.21. The quantitative estimate of drug-likeness (QED) is 0.172. The Kier molecular flexibility index (Phi) is 8.43. The predicted molar refractivity (Wildman–Crippen MR) is 304 cm³/mol. The summed E-state index contributed by atoms with van der Waals surface area (Å²) in [6, 6.07) is 78.6. The van der Waals surface area contributed by atoms with Gasteiger partial charge in [-0.05, 0) is 106 Å². The standard InChI is InChI=1S/C65H36N4OS2/c1-2-15-39-35-53-50(33-38(39)14-1)60-42-16-4-3-13-37(42)28-32-52(60)69(53)51-31-29-41(34-49(51)40-27-30-44-43-17-5-8-22-54(43)70-55(44)36-40)63-66-64(47-20-11-25-58-61(47)45-18-6-9-23-56(45)71-58)68-65(67-63)48-21-12-26-59-62(48)46-19-7-10-24-57(46)72-59/h1-36H. The first kappa shape index (κ1) is 39.8. The Morgan fingerprint density at radius 2 is 0.889 bits per heavy atom. The summed E-state index contributed by atoms with van der Waals surface area (Å²) >= 11 is 3.60. The molecule has 0 bridgehead atoms. The Morgan fingerprint density at radius 1 is 0.319 bits per heavy atom. The van der Waals surface area contributed by atoms with Crippen molar-refractivity contribution in [3.63, 3.8) is 0 Å². The molecule has 0 aliphatic rings. The minimum Gasteiger partial charge on any atom is -0.456 e. The second-order valence-corrected chi connectivity index (χ2v) is 20.8. The maximum Gasteiger partial charge on any atom is 0.164 e. The molecule has 0 spiro atoms. The summed E-state index contributed by atoms with van der Waals surface area (Å²) in [7, 11) is 0. The van der Waals surface area contributed by atoms with Gasteiger partial charge in [0.25, 0.3) is 0 Å². The SMILES string of the molecule is c1ccc2cc3c(cc2c1)c1c2ccccc2ccc1n3-c1ccc(-c2nc(-c3cccc4sc5ccccc5c34)nc(-c3cccc4sc5ccccc5c34)n2)cc1-c1ccc2c(c1)oc1ccccc12. The highest BCUT2D eigenvalue weighted by atomic mass is 32.1. The van der Waals surface area contributed by atoms with Crippen LogP contribution in [0.2, 0.25) is 0 Å².